The topological polar surface area (TPSA) is 15.3 Å². The molecule has 1 aromatic carbocycles. The number of nitrogens with one attached hydrogen (secondary N) is 1. The monoisotopic (exact) mass is 278 g/mol. The van der Waals surface area contributed by atoms with Gasteiger partial charge in [0.15, 0.2) is 0 Å². The van der Waals surface area contributed by atoms with Crippen molar-refractivity contribution in [3.8, 4) is 0 Å². The van der Waals surface area contributed by atoms with E-state index >= 15 is 0 Å². The minimum atomic E-state index is 0.660. The van der Waals surface area contributed by atoms with Crippen molar-refractivity contribution in [1.29, 1.82) is 0 Å². The van der Waals surface area contributed by atoms with Crippen molar-refractivity contribution in [1.82, 2.24) is 10.2 Å². The smallest absolute Gasteiger partial charge is 0.0440 e. The lowest BCUT2D eigenvalue weighted by atomic mass is 9.76. The van der Waals surface area contributed by atoms with E-state index in [1.807, 2.05) is 12.1 Å². The van der Waals surface area contributed by atoms with Crippen LogP contribution in [-0.2, 0) is 0 Å². The molecule has 0 aromatic heterocycles. The first-order chi connectivity index (χ1) is 9.24. The first-order valence-corrected chi connectivity index (χ1v) is 7.80. The second kappa shape index (κ2) is 5.82. The van der Waals surface area contributed by atoms with Crippen molar-refractivity contribution >= 4 is 11.6 Å². The lowest BCUT2D eigenvalue weighted by Crippen LogP contribution is -2.43. The number of hydrogen-bond donors (Lipinski definition) is 1. The maximum Gasteiger partial charge on any atom is 0.0440 e. The molecular weight excluding hydrogens is 256 g/mol. The highest BCUT2D eigenvalue weighted by Crippen LogP contribution is 2.39. The van der Waals surface area contributed by atoms with Gasteiger partial charge in [0.1, 0.15) is 0 Å². The van der Waals surface area contributed by atoms with Crippen molar-refractivity contribution in [3.63, 3.8) is 0 Å². The average Bonchev–Trinajstić information content (AvgIpc) is 3.17. The summed E-state index contributed by atoms with van der Waals surface area (Å²) in [5, 5.41) is 4.60. The van der Waals surface area contributed by atoms with Gasteiger partial charge in [-0.25, -0.2) is 0 Å². The van der Waals surface area contributed by atoms with Crippen molar-refractivity contribution < 1.29 is 0 Å². The van der Waals surface area contributed by atoms with Crippen LogP contribution >= 0.6 is 11.6 Å². The Morgan fingerprint density at radius 3 is 2.68 bits per heavy atom. The van der Waals surface area contributed by atoms with E-state index in [1.165, 1.54) is 37.8 Å². The summed E-state index contributed by atoms with van der Waals surface area (Å²) in [4.78, 5) is 2.48. The van der Waals surface area contributed by atoms with Crippen LogP contribution in [0.5, 0.6) is 0 Å². The minimum absolute atomic E-state index is 0.660. The summed E-state index contributed by atoms with van der Waals surface area (Å²) in [6, 6.07) is 9.83. The zero-order chi connectivity index (χ0) is 13.2. The fourth-order valence-corrected chi connectivity index (χ4v) is 3.28. The molecule has 2 fully saturated rings. The molecule has 1 N–H and O–H groups in total. The Balaban J connectivity index is 1.37. The van der Waals surface area contributed by atoms with E-state index in [0.717, 1.165) is 17.6 Å². The lowest BCUT2D eigenvalue weighted by Gasteiger charge is -2.37. The van der Waals surface area contributed by atoms with Gasteiger partial charge in [-0.05, 0) is 50.3 Å². The van der Waals surface area contributed by atoms with Crippen LogP contribution in [-0.4, -0.2) is 37.1 Å². The zero-order valence-corrected chi connectivity index (χ0v) is 12.4. The van der Waals surface area contributed by atoms with E-state index in [0.29, 0.717) is 12.0 Å². The molecule has 0 atom stereocenters. The molecule has 3 rings (SSSR count). The van der Waals surface area contributed by atoms with Gasteiger partial charge in [-0.2, -0.15) is 0 Å². The van der Waals surface area contributed by atoms with Crippen LogP contribution in [0, 0.1) is 0 Å². The second-order valence-electron chi connectivity index (χ2n) is 6.05. The maximum atomic E-state index is 6.24. The molecule has 0 saturated heterocycles. The van der Waals surface area contributed by atoms with Gasteiger partial charge in [0.05, 0.1) is 0 Å². The van der Waals surface area contributed by atoms with Crippen LogP contribution < -0.4 is 5.32 Å². The van der Waals surface area contributed by atoms with E-state index in [2.05, 4.69) is 29.4 Å². The molecular formula is C16H23ClN2. The number of rotatable bonds is 6. The van der Waals surface area contributed by atoms with E-state index in [4.69, 9.17) is 11.6 Å². The molecule has 1 aromatic rings. The highest BCUT2D eigenvalue weighted by molar-refractivity contribution is 6.31. The maximum absolute atomic E-state index is 6.24. The number of likely N-dealkylation sites (N-methyl/N-ethyl adjacent to an activating group) is 1. The molecule has 0 spiro atoms. The first-order valence-electron chi connectivity index (χ1n) is 7.42. The molecule has 0 heterocycles. The molecule has 19 heavy (non-hydrogen) atoms. The summed E-state index contributed by atoms with van der Waals surface area (Å²) in [5.41, 5.74) is 1.33. The van der Waals surface area contributed by atoms with Crippen LogP contribution in [0.2, 0.25) is 5.02 Å². The number of nitrogens with zero attached hydrogens (tertiary/aromatic N) is 1. The molecule has 2 aliphatic rings. The summed E-state index contributed by atoms with van der Waals surface area (Å²) in [6.45, 7) is 2.30. The van der Waals surface area contributed by atoms with Gasteiger partial charge in [0.2, 0.25) is 0 Å². The molecule has 3 heteroatoms. The molecule has 104 valence electrons. The largest absolute Gasteiger partial charge is 0.313 e. The molecule has 2 aliphatic carbocycles. The Labute approximate surface area is 121 Å². The SMILES string of the molecule is CN(CCNC1CC(c2ccccc2Cl)C1)C1CC1. The van der Waals surface area contributed by atoms with Gasteiger partial charge in [-0.15, -0.1) is 0 Å². The third kappa shape index (κ3) is 3.31. The number of halogens is 1. The quantitative estimate of drug-likeness (QED) is 0.859. The van der Waals surface area contributed by atoms with Crippen LogP contribution in [0.4, 0.5) is 0 Å². The van der Waals surface area contributed by atoms with E-state index in [1.54, 1.807) is 0 Å². The molecule has 0 unspecified atom stereocenters. The van der Waals surface area contributed by atoms with Gasteiger partial charge < -0.3 is 10.2 Å². The zero-order valence-electron chi connectivity index (χ0n) is 11.6. The Morgan fingerprint density at radius 1 is 1.26 bits per heavy atom. The van der Waals surface area contributed by atoms with Crippen LogP contribution in [0.1, 0.15) is 37.2 Å². The predicted molar refractivity (Wildman–Crippen MR) is 80.9 cm³/mol. The Morgan fingerprint density at radius 2 is 2.00 bits per heavy atom. The highest BCUT2D eigenvalue weighted by atomic mass is 35.5. The number of hydrogen-bond acceptors (Lipinski definition) is 2. The van der Waals surface area contributed by atoms with Crippen LogP contribution in [0.3, 0.4) is 0 Å². The number of benzene rings is 1. The molecule has 0 aliphatic heterocycles. The summed E-state index contributed by atoms with van der Waals surface area (Å²) in [7, 11) is 2.24. The van der Waals surface area contributed by atoms with Gasteiger partial charge in [-0.1, -0.05) is 29.8 Å². The Kier molecular flexibility index (Phi) is 4.11. The average molecular weight is 279 g/mol. The lowest BCUT2D eigenvalue weighted by molar-refractivity contribution is 0.263. The predicted octanol–water partition coefficient (Wildman–Crippen LogP) is 3.27. The molecule has 0 radical (unpaired) electrons. The fraction of sp³-hybridized carbons (Fsp3) is 0.625. The minimum Gasteiger partial charge on any atom is -0.313 e. The van der Waals surface area contributed by atoms with E-state index in [-0.39, 0.29) is 0 Å². The third-order valence-electron chi connectivity index (χ3n) is 4.55. The summed E-state index contributed by atoms with van der Waals surface area (Å²) >= 11 is 6.24. The van der Waals surface area contributed by atoms with Crippen LogP contribution in [0.15, 0.2) is 24.3 Å². The van der Waals surface area contributed by atoms with Crippen molar-refractivity contribution in [2.75, 3.05) is 20.1 Å². The summed E-state index contributed by atoms with van der Waals surface area (Å²) in [6.07, 6.45) is 5.26. The third-order valence-corrected chi connectivity index (χ3v) is 4.90. The van der Waals surface area contributed by atoms with E-state index in [9.17, 15) is 0 Å². The fourth-order valence-electron chi connectivity index (χ4n) is 2.99. The Hall–Kier alpha value is -0.570. The van der Waals surface area contributed by atoms with Crippen molar-refractivity contribution in [2.45, 2.75) is 43.7 Å². The van der Waals surface area contributed by atoms with Gasteiger partial charge in [-0.3, -0.25) is 0 Å². The summed E-state index contributed by atoms with van der Waals surface area (Å²) < 4.78 is 0. The van der Waals surface area contributed by atoms with Gasteiger partial charge >= 0.3 is 0 Å². The second-order valence-corrected chi connectivity index (χ2v) is 6.46. The van der Waals surface area contributed by atoms with Crippen molar-refractivity contribution in [2.24, 2.45) is 0 Å². The van der Waals surface area contributed by atoms with Crippen LogP contribution in [0.25, 0.3) is 0 Å². The molecule has 0 bridgehead atoms. The standard InChI is InChI=1S/C16H23ClN2/c1-19(14-6-7-14)9-8-18-13-10-12(11-13)15-4-2-3-5-16(15)17/h2-5,12-14,18H,6-11H2,1H3. The van der Waals surface area contributed by atoms with Gasteiger partial charge in [0, 0.05) is 30.2 Å². The normalized spacial score (nSPS) is 26.5. The molecule has 2 nitrogen and oxygen atoms in total. The van der Waals surface area contributed by atoms with Crippen molar-refractivity contribution in [3.05, 3.63) is 34.9 Å². The highest BCUT2D eigenvalue weighted by Gasteiger charge is 2.31. The van der Waals surface area contributed by atoms with Gasteiger partial charge in [0.25, 0.3) is 0 Å². The molecule has 0 amide bonds. The summed E-state index contributed by atoms with van der Waals surface area (Å²) in [5.74, 6) is 0.660. The first kappa shape index (κ1) is 13.4. The van der Waals surface area contributed by atoms with E-state index < -0.39 is 0 Å². The Bertz CT molecular complexity index is 425. The molecule has 2 saturated carbocycles.